The van der Waals surface area contributed by atoms with E-state index in [-0.39, 0.29) is 11.0 Å². The number of hydrogen-bond donors (Lipinski definition) is 1. The van der Waals surface area contributed by atoms with E-state index in [0.29, 0.717) is 5.41 Å². The van der Waals surface area contributed by atoms with E-state index in [9.17, 15) is 5.11 Å². The highest BCUT2D eigenvalue weighted by molar-refractivity contribution is 5.10. The Morgan fingerprint density at radius 1 is 1.00 bits per heavy atom. The van der Waals surface area contributed by atoms with Gasteiger partial charge < -0.3 is 5.11 Å². The van der Waals surface area contributed by atoms with E-state index in [0.717, 1.165) is 12.8 Å². The van der Waals surface area contributed by atoms with Gasteiger partial charge in [-0.1, -0.05) is 33.6 Å². The Morgan fingerprint density at radius 2 is 1.46 bits per heavy atom. The van der Waals surface area contributed by atoms with Crippen molar-refractivity contribution in [2.45, 2.75) is 64.9 Å². The summed E-state index contributed by atoms with van der Waals surface area (Å²) in [6, 6.07) is 0. The molecule has 2 saturated carbocycles. The fourth-order valence-corrected chi connectivity index (χ4v) is 3.20. The SMILES string of the molecule is CC(C)(C)C1(O)CC2(CCCC2)C1. The first kappa shape index (κ1) is 9.51. The first-order valence-corrected chi connectivity index (χ1v) is 5.59. The number of aliphatic hydroxyl groups is 1. The predicted molar refractivity (Wildman–Crippen MR) is 54.5 cm³/mol. The lowest BCUT2D eigenvalue weighted by atomic mass is 9.51. The molecule has 0 bridgehead atoms. The van der Waals surface area contributed by atoms with Gasteiger partial charge in [-0.05, 0) is 36.5 Å². The second-order valence-corrected chi connectivity index (χ2v) is 6.34. The minimum absolute atomic E-state index is 0.0703. The van der Waals surface area contributed by atoms with Crippen LogP contribution in [-0.2, 0) is 0 Å². The molecule has 0 atom stereocenters. The second kappa shape index (κ2) is 2.50. The minimum Gasteiger partial charge on any atom is -0.389 e. The Morgan fingerprint density at radius 3 is 1.85 bits per heavy atom. The van der Waals surface area contributed by atoms with Crippen LogP contribution in [0.15, 0.2) is 0 Å². The van der Waals surface area contributed by atoms with Gasteiger partial charge in [0.2, 0.25) is 0 Å². The second-order valence-electron chi connectivity index (χ2n) is 6.34. The summed E-state index contributed by atoms with van der Waals surface area (Å²) in [5.41, 5.74) is 0.264. The van der Waals surface area contributed by atoms with Crippen molar-refractivity contribution in [1.82, 2.24) is 0 Å². The van der Waals surface area contributed by atoms with Gasteiger partial charge in [0.15, 0.2) is 0 Å². The zero-order chi connectivity index (χ0) is 9.74. The Bertz CT molecular complexity index is 198. The van der Waals surface area contributed by atoms with Gasteiger partial charge in [-0.2, -0.15) is 0 Å². The van der Waals surface area contributed by atoms with Crippen molar-refractivity contribution in [3.63, 3.8) is 0 Å². The first-order chi connectivity index (χ1) is 5.87. The van der Waals surface area contributed by atoms with Crippen LogP contribution in [-0.4, -0.2) is 10.7 Å². The van der Waals surface area contributed by atoms with Gasteiger partial charge in [0, 0.05) is 0 Å². The maximum atomic E-state index is 10.4. The fraction of sp³-hybridized carbons (Fsp3) is 1.00. The van der Waals surface area contributed by atoms with E-state index < -0.39 is 0 Å². The highest BCUT2D eigenvalue weighted by Gasteiger charge is 2.58. The van der Waals surface area contributed by atoms with Crippen LogP contribution < -0.4 is 0 Å². The van der Waals surface area contributed by atoms with Crippen LogP contribution in [0.1, 0.15) is 59.3 Å². The lowest BCUT2D eigenvalue weighted by Gasteiger charge is -2.58. The molecule has 2 fully saturated rings. The molecule has 1 heteroatoms. The van der Waals surface area contributed by atoms with Gasteiger partial charge in [-0.25, -0.2) is 0 Å². The maximum Gasteiger partial charge on any atom is 0.0706 e. The Hall–Kier alpha value is -0.0400. The third-order valence-electron chi connectivity index (χ3n) is 4.40. The molecule has 1 spiro atoms. The minimum atomic E-state index is -0.364. The number of hydrogen-bond acceptors (Lipinski definition) is 1. The summed E-state index contributed by atoms with van der Waals surface area (Å²) >= 11 is 0. The van der Waals surface area contributed by atoms with Gasteiger partial charge >= 0.3 is 0 Å². The van der Waals surface area contributed by atoms with Gasteiger partial charge in [-0.15, -0.1) is 0 Å². The van der Waals surface area contributed by atoms with E-state index in [1.54, 1.807) is 0 Å². The molecule has 0 heterocycles. The van der Waals surface area contributed by atoms with Crippen molar-refractivity contribution in [1.29, 1.82) is 0 Å². The number of rotatable bonds is 0. The van der Waals surface area contributed by atoms with Crippen molar-refractivity contribution >= 4 is 0 Å². The fourth-order valence-electron chi connectivity index (χ4n) is 3.20. The molecule has 2 rings (SSSR count). The van der Waals surface area contributed by atoms with Gasteiger partial charge in [0.25, 0.3) is 0 Å². The molecule has 0 aromatic rings. The lowest BCUT2D eigenvalue weighted by Crippen LogP contribution is -2.58. The molecule has 76 valence electrons. The lowest BCUT2D eigenvalue weighted by molar-refractivity contribution is -0.187. The van der Waals surface area contributed by atoms with Crippen molar-refractivity contribution < 1.29 is 5.11 Å². The van der Waals surface area contributed by atoms with Crippen LogP contribution in [0, 0.1) is 10.8 Å². The molecule has 1 N–H and O–H groups in total. The molecule has 1 nitrogen and oxygen atoms in total. The first-order valence-electron chi connectivity index (χ1n) is 5.59. The van der Waals surface area contributed by atoms with E-state index in [1.807, 2.05) is 0 Å². The molecule has 0 aliphatic heterocycles. The zero-order valence-corrected chi connectivity index (χ0v) is 9.19. The molecule has 0 aromatic carbocycles. The van der Waals surface area contributed by atoms with Gasteiger partial charge in [0.05, 0.1) is 5.60 Å². The summed E-state index contributed by atoms with van der Waals surface area (Å²) in [6.45, 7) is 6.48. The third kappa shape index (κ3) is 1.32. The monoisotopic (exact) mass is 182 g/mol. The van der Waals surface area contributed by atoms with Crippen LogP contribution in [0.5, 0.6) is 0 Å². The van der Waals surface area contributed by atoms with E-state index in [1.165, 1.54) is 25.7 Å². The van der Waals surface area contributed by atoms with Gasteiger partial charge in [-0.3, -0.25) is 0 Å². The third-order valence-corrected chi connectivity index (χ3v) is 4.40. The molecule has 0 unspecified atom stereocenters. The van der Waals surface area contributed by atoms with E-state index in [4.69, 9.17) is 0 Å². The van der Waals surface area contributed by atoms with Gasteiger partial charge in [0.1, 0.15) is 0 Å². The van der Waals surface area contributed by atoms with Crippen LogP contribution in [0.3, 0.4) is 0 Å². The van der Waals surface area contributed by atoms with E-state index in [2.05, 4.69) is 20.8 Å². The molecular formula is C12H22O. The average molecular weight is 182 g/mol. The largest absolute Gasteiger partial charge is 0.389 e. The van der Waals surface area contributed by atoms with Crippen molar-refractivity contribution in [3.05, 3.63) is 0 Å². The molecule has 0 aromatic heterocycles. The molecule has 2 aliphatic rings. The summed E-state index contributed by atoms with van der Waals surface area (Å²) in [5, 5.41) is 10.4. The van der Waals surface area contributed by atoms with Crippen LogP contribution in [0.25, 0.3) is 0 Å². The summed E-state index contributed by atoms with van der Waals surface area (Å²) < 4.78 is 0. The zero-order valence-electron chi connectivity index (χ0n) is 9.19. The predicted octanol–water partition coefficient (Wildman–Crippen LogP) is 3.12. The Labute approximate surface area is 81.5 Å². The standard InChI is InChI=1S/C12H22O/c1-10(2,3)12(13)8-11(9-12)6-4-5-7-11/h13H,4-9H2,1-3H3. The quantitative estimate of drug-likeness (QED) is 0.610. The van der Waals surface area contributed by atoms with Crippen LogP contribution >= 0.6 is 0 Å². The molecule has 13 heavy (non-hydrogen) atoms. The molecule has 0 amide bonds. The maximum absolute atomic E-state index is 10.4. The summed E-state index contributed by atoms with van der Waals surface area (Å²) in [6.07, 6.45) is 7.63. The smallest absolute Gasteiger partial charge is 0.0706 e. The van der Waals surface area contributed by atoms with Crippen LogP contribution in [0.2, 0.25) is 0 Å². The topological polar surface area (TPSA) is 20.2 Å². The van der Waals surface area contributed by atoms with Crippen molar-refractivity contribution in [3.8, 4) is 0 Å². The highest BCUT2D eigenvalue weighted by Crippen LogP contribution is 2.62. The average Bonchev–Trinajstić information content (AvgIpc) is 2.32. The normalized spacial score (nSPS) is 30.5. The molecule has 0 saturated heterocycles. The Balaban J connectivity index is 2.03. The van der Waals surface area contributed by atoms with Crippen LogP contribution in [0.4, 0.5) is 0 Å². The summed E-state index contributed by atoms with van der Waals surface area (Å²) in [7, 11) is 0. The molecular weight excluding hydrogens is 160 g/mol. The molecule has 0 radical (unpaired) electrons. The van der Waals surface area contributed by atoms with Crippen molar-refractivity contribution in [2.75, 3.05) is 0 Å². The summed E-state index contributed by atoms with van der Waals surface area (Å²) in [5.74, 6) is 0. The molecule has 2 aliphatic carbocycles. The highest BCUT2D eigenvalue weighted by atomic mass is 16.3. The Kier molecular flexibility index (Phi) is 1.83. The van der Waals surface area contributed by atoms with Crippen molar-refractivity contribution in [2.24, 2.45) is 10.8 Å². The van der Waals surface area contributed by atoms with E-state index >= 15 is 0 Å². The summed E-state index contributed by atoms with van der Waals surface area (Å²) in [4.78, 5) is 0.